The number of nitrogens with zero attached hydrogens (tertiary/aromatic N) is 1. The van der Waals surface area contributed by atoms with Crippen molar-refractivity contribution in [3.05, 3.63) is 58.9 Å². The number of pyridine rings is 1. The Morgan fingerprint density at radius 3 is 2.73 bits per heavy atom. The maximum Gasteiger partial charge on any atom is 0.255 e. The average molecular weight is 335 g/mol. The van der Waals surface area contributed by atoms with Gasteiger partial charge in [0.15, 0.2) is 0 Å². The van der Waals surface area contributed by atoms with Crippen LogP contribution in [0, 0.1) is 0 Å². The lowest BCUT2D eigenvalue weighted by Crippen LogP contribution is -2.13. The first kappa shape index (κ1) is 16.8. The van der Waals surface area contributed by atoms with Crippen LogP contribution < -0.4 is 5.32 Å². The topological polar surface area (TPSA) is 42.0 Å². The fourth-order valence-electron chi connectivity index (χ4n) is 1.97. The number of benzene rings is 1. The number of carbonyl (C=O) groups is 1. The Bertz CT molecular complexity index is 653. The van der Waals surface area contributed by atoms with Gasteiger partial charge in [-0.3, -0.25) is 9.78 Å². The quantitative estimate of drug-likeness (QED) is 0.783. The smallest absolute Gasteiger partial charge is 0.255 e. The van der Waals surface area contributed by atoms with E-state index in [4.69, 9.17) is 11.6 Å². The van der Waals surface area contributed by atoms with E-state index in [0.29, 0.717) is 16.3 Å². The van der Waals surface area contributed by atoms with Crippen molar-refractivity contribution in [3.63, 3.8) is 0 Å². The lowest BCUT2D eigenvalue weighted by Gasteiger charge is -2.17. The number of nitrogens with one attached hydrogen (secondary N) is 1. The van der Waals surface area contributed by atoms with Gasteiger partial charge >= 0.3 is 0 Å². The summed E-state index contributed by atoms with van der Waals surface area (Å²) in [5.74, 6) is -0.198. The first-order chi connectivity index (χ1) is 10.3. The Morgan fingerprint density at radius 2 is 2.14 bits per heavy atom. The second kappa shape index (κ2) is 7.16. The summed E-state index contributed by atoms with van der Waals surface area (Å²) in [6.45, 7) is 4.14. The molecule has 1 amide bonds. The summed E-state index contributed by atoms with van der Waals surface area (Å²) in [6, 6.07) is 8.95. The molecule has 0 atom stereocenters. The van der Waals surface area contributed by atoms with Gasteiger partial charge in [-0.25, -0.2) is 0 Å². The molecule has 1 aromatic heterocycles. The number of aryl methyl sites for hydroxylation is 1. The number of hydrogen-bond donors (Lipinski definition) is 2. The molecule has 0 radical (unpaired) electrons. The van der Waals surface area contributed by atoms with Crippen molar-refractivity contribution < 1.29 is 4.79 Å². The number of carbonyl (C=O) groups excluding carboxylic acids is 1. The van der Waals surface area contributed by atoms with E-state index in [2.05, 4.69) is 36.8 Å². The van der Waals surface area contributed by atoms with E-state index in [1.165, 1.54) is 0 Å². The van der Waals surface area contributed by atoms with Gasteiger partial charge in [0.05, 0.1) is 11.9 Å². The van der Waals surface area contributed by atoms with Crippen LogP contribution in [0.4, 0.5) is 5.69 Å². The molecule has 0 saturated heterocycles. The molecule has 116 valence electrons. The summed E-state index contributed by atoms with van der Waals surface area (Å²) in [6.07, 6.45) is 5.00. The van der Waals surface area contributed by atoms with Crippen molar-refractivity contribution in [3.8, 4) is 0 Å². The number of halogens is 1. The summed E-state index contributed by atoms with van der Waals surface area (Å²) >= 11 is 10.8. The molecule has 2 rings (SSSR count). The monoisotopic (exact) mass is 334 g/mol. The highest BCUT2D eigenvalue weighted by Gasteiger charge is 2.14. The van der Waals surface area contributed by atoms with Crippen LogP contribution in [0.1, 0.15) is 36.2 Å². The van der Waals surface area contributed by atoms with E-state index in [1.54, 1.807) is 36.7 Å². The Kier molecular flexibility index (Phi) is 5.48. The predicted molar refractivity (Wildman–Crippen MR) is 95.0 cm³/mol. The van der Waals surface area contributed by atoms with Crippen molar-refractivity contribution in [2.45, 2.75) is 31.4 Å². The molecule has 0 aliphatic heterocycles. The van der Waals surface area contributed by atoms with Gasteiger partial charge in [-0.2, -0.15) is 12.6 Å². The third-order valence-corrected chi connectivity index (χ3v) is 3.82. The molecule has 3 nitrogen and oxygen atoms in total. The van der Waals surface area contributed by atoms with Gasteiger partial charge in [-0.1, -0.05) is 31.5 Å². The number of thiol groups is 1. The number of rotatable bonds is 5. The van der Waals surface area contributed by atoms with Crippen LogP contribution in [0.3, 0.4) is 0 Å². The SMILES string of the molecule is CC(C)(S)CCc1ccc(C(=O)Nc2cccnc2)cc1Cl. The molecule has 1 heterocycles. The van der Waals surface area contributed by atoms with Gasteiger partial charge in [0.25, 0.3) is 5.91 Å². The van der Waals surface area contributed by atoms with Crippen molar-refractivity contribution in [1.82, 2.24) is 4.98 Å². The molecule has 1 aromatic carbocycles. The van der Waals surface area contributed by atoms with Gasteiger partial charge in [0, 0.05) is 21.5 Å². The van der Waals surface area contributed by atoms with E-state index < -0.39 is 0 Å². The zero-order chi connectivity index (χ0) is 16.2. The van der Waals surface area contributed by atoms with Crippen molar-refractivity contribution in [2.24, 2.45) is 0 Å². The molecule has 0 aliphatic carbocycles. The summed E-state index contributed by atoms with van der Waals surface area (Å²) in [7, 11) is 0. The second-order valence-corrected chi connectivity index (χ2v) is 7.43. The number of aromatic nitrogens is 1. The molecule has 22 heavy (non-hydrogen) atoms. The summed E-state index contributed by atoms with van der Waals surface area (Å²) in [5.41, 5.74) is 2.22. The fourth-order valence-corrected chi connectivity index (χ4v) is 2.36. The van der Waals surface area contributed by atoms with Crippen molar-refractivity contribution in [1.29, 1.82) is 0 Å². The number of amides is 1. The Morgan fingerprint density at radius 1 is 1.36 bits per heavy atom. The molecule has 0 bridgehead atoms. The highest BCUT2D eigenvalue weighted by Crippen LogP contribution is 2.25. The van der Waals surface area contributed by atoms with Gasteiger partial charge in [0.1, 0.15) is 0 Å². The normalized spacial score (nSPS) is 11.3. The maximum absolute atomic E-state index is 12.2. The summed E-state index contributed by atoms with van der Waals surface area (Å²) in [5, 5.41) is 3.40. The molecule has 5 heteroatoms. The molecule has 0 aliphatic rings. The molecular weight excluding hydrogens is 316 g/mol. The first-order valence-electron chi connectivity index (χ1n) is 7.07. The van der Waals surface area contributed by atoms with E-state index in [0.717, 1.165) is 18.4 Å². The van der Waals surface area contributed by atoms with Gasteiger partial charge in [-0.15, -0.1) is 0 Å². The average Bonchev–Trinajstić information content (AvgIpc) is 2.46. The van der Waals surface area contributed by atoms with Crippen LogP contribution in [-0.2, 0) is 6.42 Å². The molecular formula is C17H19ClN2OS. The number of hydrogen-bond acceptors (Lipinski definition) is 3. The molecule has 1 N–H and O–H groups in total. The molecule has 0 fully saturated rings. The summed E-state index contributed by atoms with van der Waals surface area (Å²) in [4.78, 5) is 16.1. The molecule has 2 aromatic rings. The molecule has 0 saturated carbocycles. The third kappa shape index (κ3) is 5.04. The second-order valence-electron chi connectivity index (χ2n) is 5.81. The van der Waals surface area contributed by atoms with Crippen molar-refractivity contribution >= 4 is 35.8 Å². The molecule has 0 spiro atoms. The third-order valence-electron chi connectivity index (χ3n) is 3.24. The minimum Gasteiger partial charge on any atom is -0.321 e. The Balaban J connectivity index is 2.07. The molecule has 0 unspecified atom stereocenters. The standard InChI is InChI=1S/C17H19ClN2OS/c1-17(2,22)8-7-12-5-6-13(10-15(12)18)16(21)20-14-4-3-9-19-11-14/h3-6,9-11,22H,7-8H2,1-2H3,(H,20,21). The van der Waals surface area contributed by atoms with Crippen LogP contribution >= 0.6 is 24.2 Å². The highest BCUT2D eigenvalue weighted by atomic mass is 35.5. The number of anilines is 1. The van der Waals surface area contributed by atoms with Gasteiger partial charge < -0.3 is 5.32 Å². The van der Waals surface area contributed by atoms with E-state index >= 15 is 0 Å². The minimum absolute atomic E-state index is 0.0420. The Labute approximate surface area is 141 Å². The van der Waals surface area contributed by atoms with Crippen LogP contribution in [0.5, 0.6) is 0 Å². The van der Waals surface area contributed by atoms with Crippen LogP contribution in [0.2, 0.25) is 5.02 Å². The largest absolute Gasteiger partial charge is 0.321 e. The van der Waals surface area contributed by atoms with Crippen LogP contribution in [-0.4, -0.2) is 15.6 Å². The van der Waals surface area contributed by atoms with E-state index in [-0.39, 0.29) is 10.7 Å². The lowest BCUT2D eigenvalue weighted by molar-refractivity contribution is 0.102. The fraction of sp³-hybridized carbons (Fsp3) is 0.294. The van der Waals surface area contributed by atoms with E-state index in [9.17, 15) is 4.79 Å². The lowest BCUT2D eigenvalue weighted by atomic mass is 10.0. The minimum atomic E-state index is -0.198. The summed E-state index contributed by atoms with van der Waals surface area (Å²) < 4.78 is -0.0420. The van der Waals surface area contributed by atoms with Crippen LogP contribution in [0.25, 0.3) is 0 Å². The Hall–Kier alpha value is -1.52. The zero-order valence-corrected chi connectivity index (χ0v) is 14.3. The van der Waals surface area contributed by atoms with Crippen molar-refractivity contribution in [2.75, 3.05) is 5.32 Å². The highest BCUT2D eigenvalue weighted by molar-refractivity contribution is 7.81. The van der Waals surface area contributed by atoms with Gasteiger partial charge in [-0.05, 0) is 42.7 Å². The van der Waals surface area contributed by atoms with E-state index in [1.807, 2.05) is 6.07 Å². The maximum atomic E-state index is 12.2. The predicted octanol–water partition coefficient (Wildman–Crippen LogP) is 4.63. The first-order valence-corrected chi connectivity index (χ1v) is 7.90. The van der Waals surface area contributed by atoms with Crippen LogP contribution in [0.15, 0.2) is 42.7 Å². The zero-order valence-electron chi connectivity index (χ0n) is 12.6. The van der Waals surface area contributed by atoms with Gasteiger partial charge in [0.2, 0.25) is 0 Å².